The Morgan fingerprint density at radius 3 is 2.95 bits per heavy atom. The number of ether oxygens (including phenoxy) is 1. The molecule has 20 heavy (non-hydrogen) atoms. The molecule has 0 aromatic carbocycles. The third-order valence-corrected chi connectivity index (χ3v) is 3.50. The topological polar surface area (TPSA) is 88.6 Å². The van der Waals surface area contributed by atoms with Crippen molar-refractivity contribution in [1.29, 1.82) is 0 Å². The Hall–Kier alpha value is -2.02. The molecule has 1 aliphatic heterocycles. The Kier molecular flexibility index (Phi) is 3.60. The van der Waals surface area contributed by atoms with Crippen molar-refractivity contribution in [2.24, 2.45) is 5.92 Å². The van der Waals surface area contributed by atoms with Crippen molar-refractivity contribution >= 4 is 5.82 Å². The van der Waals surface area contributed by atoms with Crippen molar-refractivity contribution in [1.82, 2.24) is 25.1 Å². The zero-order chi connectivity index (χ0) is 13.9. The van der Waals surface area contributed by atoms with Crippen LogP contribution in [0.25, 0.3) is 0 Å². The number of H-pyrrole nitrogens is 1. The number of hydrogen-bond donors (Lipinski definition) is 2. The Morgan fingerprint density at radius 2 is 2.20 bits per heavy atom. The van der Waals surface area contributed by atoms with E-state index in [0.717, 1.165) is 42.7 Å². The van der Waals surface area contributed by atoms with Crippen molar-refractivity contribution in [2.45, 2.75) is 26.4 Å². The first kappa shape index (κ1) is 13.0. The van der Waals surface area contributed by atoms with Crippen LogP contribution in [-0.4, -0.2) is 38.3 Å². The fraction of sp³-hybridized carbons (Fsp3) is 0.538. The minimum absolute atomic E-state index is 0.0515. The lowest BCUT2D eigenvalue weighted by Crippen LogP contribution is -2.19. The second-order valence-electron chi connectivity index (χ2n) is 4.99. The van der Waals surface area contributed by atoms with Crippen LogP contribution in [0.1, 0.15) is 29.9 Å². The number of aryl methyl sites for hydroxylation is 2. The van der Waals surface area contributed by atoms with Gasteiger partial charge in [-0.25, -0.2) is 9.97 Å². The molecule has 0 radical (unpaired) electrons. The summed E-state index contributed by atoms with van der Waals surface area (Å²) in [7, 11) is 0. The van der Waals surface area contributed by atoms with E-state index in [9.17, 15) is 0 Å². The lowest BCUT2D eigenvalue weighted by atomic mass is 10.0. The summed E-state index contributed by atoms with van der Waals surface area (Å²) in [5.41, 5.74) is 0.900. The van der Waals surface area contributed by atoms with E-state index in [-0.39, 0.29) is 6.10 Å². The van der Waals surface area contributed by atoms with Crippen LogP contribution in [0.2, 0.25) is 0 Å². The molecule has 0 aliphatic carbocycles. The van der Waals surface area contributed by atoms with E-state index < -0.39 is 0 Å². The summed E-state index contributed by atoms with van der Waals surface area (Å²) in [4.78, 5) is 12.9. The molecule has 0 unspecified atom stereocenters. The van der Waals surface area contributed by atoms with Crippen LogP contribution in [0.15, 0.2) is 12.4 Å². The molecule has 2 aromatic heterocycles. The second kappa shape index (κ2) is 5.54. The monoisotopic (exact) mass is 274 g/mol. The number of aromatic amines is 1. The van der Waals surface area contributed by atoms with Gasteiger partial charge in [0.25, 0.3) is 0 Å². The summed E-state index contributed by atoms with van der Waals surface area (Å²) >= 11 is 0. The summed E-state index contributed by atoms with van der Waals surface area (Å²) < 4.78 is 5.76. The fourth-order valence-electron chi connectivity index (χ4n) is 2.42. The van der Waals surface area contributed by atoms with E-state index in [1.807, 2.05) is 13.8 Å². The van der Waals surface area contributed by atoms with Gasteiger partial charge >= 0.3 is 0 Å². The normalized spacial score (nSPS) is 22.1. The van der Waals surface area contributed by atoms with Crippen LogP contribution in [0.5, 0.6) is 0 Å². The van der Waals surface area contributed by atoms with Gasteiger partial charge in [0, 0.05) is 31.5 Å². The molecule has 2 N–H and O–H groups in total. The lowest BCUT2D eigenvalue weighted by molar-refractivity contribution is 0.0863. The highest BCUT2D eigenvalue weighted by Gasteiger charge is 2.32. The molecule has 1 aliphatic rings. The van der Waals surface area contributed by atoms with Gasteiger partial charge in [0.1, 0.15) is 17.7 Å². The molecule has 0 bridgehead atoms. The van der Waals surface area contributed by atoms with E-state index in [0.29, 0.717) is 5.92 Å². The van der Waals surface area contributed by atoms with E-state index in [4.69, 9.17) is 4.74 Å². The van der Waals surface area contributed by atoms with Gasteiger partial charge in [-0.3, -0.25) is 10.1 Å². The Bertz CT molecular complexity index is 584. The molecule has 106 valence electrons. The van der Waals surface area contributed by atoms with Crippen LogP contribution < -0.4 is 5.32 Å². The van der Waals surface area contributed by atoms with Crippen molar-refractivity contribution in [3.63, 3.8) is 0 Å². The third kappa shape index (κ3) is 2.62. The maximum Gasteiger partial charge on any atom is 0.179 e. The predicted molar refractivity (Wildman–Crippen MR) is 73.2 cm³/mol. The molecule has 0 spiro atoms. The Labute approximate surface area is 117 Å². The van der Waals surface area contributed by atoms with Crippen LogP contribution in [0, 0.1) is 19.8 Å². The summed E-state index contributed by atoms with van der Waals surface area (Å²) in [6.07, 6.45) is 4.32. The lowest BCUT2D eigenvalue weighted by Gasteiger charge is -2.17. The van der Waals surface area contributed by atoms with Crippen molar-refractivity contribution in [2.75, 3.05) is 18.5 Å². The Balaban J connectivity index is 1.66. The number of nitrogens with zero attached hydrogens (tertiary/aromatic N) is 4. The van der Waals surface area contributed by atoms with Crippen LogP contribution in [-0.2, 0) is 4.74 Å². The highest BCUT2D eigenvalue weighted by Crippen LogP contribution is 2.32. The average Bonchev–Trinajstić information content (AvgIpc) is 3.06. The summed E-state index contributed by atoms with van der Waals surface area (Å²) in [6.45, 7) is 5.35. The minimum Gasteiger partial charge on any atom is -0.370 e. The van der Waals surface area contributed by atoms with Gasteiger partial charge in [-0.2, -0.15) is 5.10 Å². The van der Waals surface area contributed by atoms with Gasteiger partial charge in [-0.15, -0.1) is 0 Å². The van der Waals surface area contributed by atoms with Crippen molar-refractivity contribution in [3.8, 4) is 0 Å². The van der Waals surface area contributed by atoms with Gasteiger partial charge in [-0.1, -0.05) is 0 Å². The first-order valence-electron chi connectivity index (χ1n) is 6.76. The average molecular weight is 274 g/mol. The maximum atomic E-state index is 5.76. The molecule has 2 atom stereocenters. The van der Waals surface area contributed by atoms with Gasteiger partial charge in [-0.05, 0) is 20.3 Å². The molecule has 2 aromatic rings. The molecule has 1 saturated heterocycles. The number of aromatic nitrogens is 5. The largest absolute Gasteiger partial charge is 0.370 e. The number of rotatable bonds is 4. The van der Waals surface area contributed by atoms with Gasteiger partial charge < -0.3 is 10.1 Å². The fourth-order valence-corrected chi connectivity index (χ4v) is 2.42. The molecule has 0 amide bonds. The van der Waals surface area contributed by atoms with Gasteiger partial charge in [0.05, 0.1) is 5.69 Å². The highest BCUT2D eigenvalue weighted by molar-refractivity contribution is 5.38. The highest BCUT2D eigenvalue weighted by atomic mass is 16.5. The van der Waals surface area contributed by atoms with Crippen LogP contribution in [0.3, 0.4) is 0 Å². The molecular weight excluding hydrogens is 256 g/mol. The van der Waals surface area contributed by atoms with Crippen LogP contribution >= 0.6 is 0 Å². The molecule has 7 heteroatoms. The second-order valence-corrected chi connectivity index (χ2v) is 4.99. The molecule has 3 rings (SSSR count). The van der Waals surface area contributed by atoms with Gasteiger partial charge in [0.2, 0.25) is 0 Å². The SMILES string of the molecule is Cc1nc([C@H]2OCC[C@H]2CNc2nccnc2C)n[nH]1. The zero-order valence-corrected chi connectivity index (χ0v) is 11.6. The number of anilines is 1. The summed E-state index contributed by atoms with van der Waals surface area (Å²) in [5.74, 6) is 2.71. The molecule has 7 nitrogen and oxygen atoms in total. The van der Waals surface area contributed by atoms with E-state index >= 15 is 0 Å². The zero-order valence-electron chi connectivity index (χ0n) is 11.6. The van der Waals surface area contributed by atoms with Crippen molar-refractivity contribution in [3.05, 3.63) is 29.7 Å². The van der Waals surface area contributed by atoms with Crippen LogP contribution in [0.4, 0.5) is 5.82 Å². The summed E-state index contributed by atoms with van der Waals surface area (Å²) in [5, 5.41) is 10.4. The smallest absolute Gasteiger partial charge is 0.179 e. The third-order valence-electron chi connectivity index (χ3n) is 3.50. The summed E-state index contributed by atoms with van der Waals surface area (Å²) in [6, 6.07) is 0. The van der Waals surface area contributed by atoms with E-state index in [2.05, 4.69) is 30.5 Å². The number of hydrogen-bond acceptors (Lipinski definition) is 6. The number of nitrogens with one attached hydrogen (secondary N) is 2. The predicted octanol–water partition coefficient (Wildman–Crippen LogP) is 1.40. The Morgan fingerprint density at radius 1 is 1.35 bits per heavy atom. The van der Waals surface area contributed by atoms with Crippen molar-refractivity contribution < 1.29 is 4.74 Å². The standard InChI is InChI=1S/C13H18N6O/c1-8-12(15-5-4-14-8)16-7-10-3-6-20-11(10)13-17-9(2)18-19-13/h4-5,10-11H,3,6-7H2,1-2H3,(H,15,16)(H,17,18,19)/t10-,11-/m0/s1. The molecular formula is C13H18N6O. The quantitative estimate of drug-likeness (QED) is 0.876. The minimum atomic E-state index is -0.0515. The van der Waals surface area contributed by atoms with E-state index in [1.54, 1.807) is 12.4 Å². The first-order valence-corrected chi connectivity index (χ1v) is 6.76. The van der Waals surface area contributed by atoms with E-state index in [1.165, 1.54) is 0 Å². The maximum absolute atomic E-state index is 5.76. The van der Waals surface area contributed by atoms with Gasteiger partial charge in [0.15, 0.2) is 5.82 Å². The molecule has 0 saturated carbocycles. The molecule has 3 heterocycles. The molecule has 1 fully saturated rings. The first-order chi connectivity index (χ1) is 9.74.